The molecule has 3 heteroatoms. The minimum atomic E-state index is -0.355. The van der Waals surface area contributed by atoms with Crippen LogP contribution >= 0.6 is 0 Å². The number of hydrogen-bond acceptors (Lipinski definition) is 3. The molecule has 0 spiro atoms. The van der Waals surface area contributed by atoms with E-state index in [9.17, 15) is 0 Å². The van der Waals surface area contributed by atoms with Crippen molar-refractivity contribution in [2.45, 2.75) is 19.5 Å². The number of hydrogen-bond donors (Lipinski definition) is 0. The molecule has 3 unspecified atom stereocenters. The average Bonchev–Trinajstić information content (AvgIpc) is 2.25. The molecule has 0 aromatic rings. The van der Waals surface area contributed by atoms with Gasteiger partial charge in [0.05, 0.1) is 19.3 Å². The fourth-order valence-electron chi connectivity index (χ4n) is 1.12. The summed E-state index contributed by atoms with van der Waals surface area (Å²) in [5.74, 6) is 0.490. The third kappa shape index (κ3) is 0.852. The Morgan fingerprint density at radius 1 is 1.22 bits per heavy atom. The number of ether oxygens (including phenoxy) is 3. The van der Waals surface area contributed by atoms with Crippen molar-refractivity contribution in [3.63, 3.8) is 0 Å². The Balaban J connectivity index is 2.05. The molecule has 0 saturated carbocycles. The van der Waals surface area contributed by atoms with Gasteiger partial charge in [-0.05, 0) is 0 Å². The van der Waals surface area contributed by atoms with Crippen LogP contribution in [-0.2, 0) is 14.2 Å². The summed E-state index contributed by atoms with van der Waals surface area (Å²) in [5, 5.41) is 0. The van der Waals surface area contributed by atoms with Crippen molar-refractivity contribution in [1.82, 2.24) is 0 Å². The van der Waals surface area contributed by atoms with Gasteiger partial charge >= 0.3 is 0 Å². The Morgan fingerprint density at radius 3 is 2.78 bits per heavy atom. The topological polar surface area (TPSA) is 27.7 Å². The van der Waals surface area contributed by atoms with Crippen LogP contribution < -0.4 is 0 Å². The molecule has 9 heavy (non-hydrogen) atoms. The molecule has 0 aromatic carbocycles. The van der Waals surface area contributed by atoms with E-state index < -0.39 is 0 Å². The van der Waals surface area contributed by atoms with Crippen LogP contribution in [0, 0.1) is 5.92 Å². The predicted molar refractivity (Wildman–Crippen MR) is 29.7 cm³/mol. The molecule has 0 radical (unpaired) electrons. The maximum Gasteiger partial charge on any atom is 0.272 e. The van der Waals surface area contributed by atoms with Crippen molar-refractivity contribution in [2.75, 3.05) is 13.2 Å². The fourth-order valence-corrected chi connectivity index (χ4v) is 1.12. The van der Waals surface area contributed by atoms with E-state index in [1.54, 1.807) is 0 Å². The number of rotatable bonds is 0. The predicted octanol–water partition coefficient (Wildman–Crippen LogP) is 0.352. The molecule has 2 saturated heterocycles. The summed E-state index contributed by atoms with van der Waals surface area (Å²) >= 11 is 0. The highest BCUT2D eigenvalue weighted by atomic mass is 16.9. The second-order valence-electron chi connectivity index (χ2n) is 2.61. The van der Waals surface area contributed by atoms with Gasteiger partial charge in [0.1, 0.15) is 0 Å². The van der Waals surface area contributed by atoms with Gasteiger partial charge in [-0.25, -0.2) is 0 Å². The van der Waals surface area contributed by atoms with Crippen LogP contribution in [0.5, 0.6) is 0 Å². The monoisotopic (exact) mass is 130 g/mol. The lowest BCUT2D eigenvalue weighted by Gasteiger charge is -2.23. The second-order valence-corrected chi connectivity index (χ2v) is 2.61. The Labute approximate surface area is 53.9 Å². The Bertz CT molecular complexity index is 115. The van der Waals surface area contributed by atoms with E-state index in [2.05, 4.69) is 6.92 Å². The summed E-state index contributed by atoms with van der Waals surface area (Å²) in [6.45, 7) is 3.22. The quantitative estimate of drug-likeness (QED) is 0.473. The van der Waals surface area contributed by atoms with Gasteiger partial charge in [-0.3, -0.25) is 0 Å². The van der Waals surface area contributed by atoms with Crippen molar-refractivity contribution in [3.8, 4) is 0 Å². The fraction of sp³-hybridized carbons (Fsp3) is 1.00. The van der Waals surface area contributed by atoms with Crippen LogP contribution in [0.15, 0.2) is 0 Å². The third-order valence-electron chi connectivity index (χ3n) is 1.81. The minimum Gasteiger partial charge on any atom is -0.330 e. The molecule has 3 nitrogen and oxygen atoms in total. The van der Waals surface area contributed by atoms with Gasteiger partial charge in [-0.15, -0.1) is 0 Å². The smallest absolute Gasteiger partial charge is 0.272 e. The standard InChI is InChI=1S/C6H10O3/c1-4-2-7-6-8-3-5(4)9-6/h4-6H,2-3H2,1H3. The molecule has 2 heterocycles. The van der Waals surface area contributed by atoms with Crippen molar-refractivity contribution >= 4 is 0 Å². The highest BCUT2D eigenvalue weighted by molar-refractivity contribution is 4.72. The highest BCUT2D eigenvalue weighted by Gasteiger charge is 2.35. The van der Waals surface area contributed by atoms with Gasteiger partial charge in [0, 0.05) is 5.92 Å². The Kier molecular flexibility index (Phi) is 1.22. The molecule has 2 aliphatic rings. The van der Waals surface area contributed by atoms with Gasteiger partial charge in [-0.1, -0.05) is 6.92 Å². The van der Waals surface area contributed by atoms with Crippen LogP contribution in [0.2, 0.25) is 0 Å². The molecule has 0 N–H and O–H groups in total. The number of fused-ring (bicyclic) bond motifs is 2. The van der Waals surface area contributed by atoms with E-state index in [-0.39, 0.29) is 12.6 Å². The lowest BCUT2D eigenvalue weighted by Crippen LogP contribution is -2.31. The van der Waals surface area contributed by atoms with Gasteiger partial charge in [0.15, 0.2) is 0 Å². The summed E-state index contributed by atoms with van der Waals surface area (Å²) in [7, 11) is 0. The van der Waals surface area contributed by atoms with E-state index in [0.29, 0.717) is 12.5 Å². The first-order valence-electron chi connectivity index (χ1n) is 3.25. The van der Waals surface area contributed by atoms with Gasteiger partial charge in [0.2, 0.25) is 0 Å². The van der Waals surface area contributed by atoms with Gasteiger partial charge in [0.25, 0.3) is 6.48 Å². The maximum atomic E-state index is 5.27. The molecule has 3 atom stereocenters. The van der Waals surface area contributed by atoms with E-state index in [0.717, 1.165) is 6.61 Å². The SMILES string of the molecule is CC1COC2OCC1O2. The summed E-state index contributed by atoms with van der Waals surface area (Å²) < 4.78 is 15.5. The third-order valence-corrected chi connectivity index (χ3v) is 1.81. The largest absolute Gasteiger partial charge is 0.330 e. The van der Waals surface area contributed by atoms with Crippen LogP contribution in [0.25, 0.3) is 0 Å². The zero-order valence-electron chi connectivity index (χ0n) is 5.37. The molecule has 52 valence electrons. The molecule has 0 aliphatic carbocycles. The first-order valence-corrected chi connectivity index (χ1v) is 3.25. The lowest BCUT2D eigenvalue weighted by molar-refractivity contribution is -0.270. The van der Waals surface area contributed by atoms with E-state index in [4.69, 9.17) is 14.2 Å². The molecule has 2 rings (SSSR count). The van der Waals surface area contributed by atoms with E-state index >= 15 is 0 Å². The van der Waals surface area contributed by atoms with Crippen molar-refractivity contribution in [2.24, 2.45) is 5.92 Å². The molecule has 0 aromatic heterocycles. The van der Waals surface area contributed by atoms with Crippen LogP contribution in [-0.4, -0.2) is 25.8 Å². The van der Waals surface area contributed by atoms with Crippen LogP contribution in [0.4, 0.5) is 0 Å². The summed E-state index contributed by atoms with van der Waals surface area (Å²) in [6.07, 6.45) is 0.281. The van der Waals surface area contributed by atoms with Crippen LogP contribution in [0.1, 0.15) is 6.92 Å². The zero-order valence-corrected chi connectivity index (χ0v) is 5.37. The van der Waals surface area contributed by atoms with Crippen molar-refractivity contribution < 1.29 is 14.2 Å². The molecule has 2 bridgehead atoms. The van der Waals surface area contributed by atoms with Crippen molar-refractivity contribution in [3.05, 3.63) is 0 Å². The first-order chi connectivity index (χ1) is 4.36. The Hall–Kier alpha value is -0.120. The molecular formula is C6H10O3. The lowest BCUT2D eigenvalue weighted by atomic mass is 10.1. The van der Waals surface area contributed by atoms with E-state index in [1.165, 1.54) is 0 Å². The average molecular weight is 130 g/mol. The summed E-state index contributed by atoms with van der Waals surface area (Å²) in [4.78, 5) is 0. The normalized spacial score (nSPS) is 49.7. The molecule has 2 aliphatic heterocycles. The molecule has 2 fully saturated rings. The van der Waals surface area contributed by atoms with Crippen molar-refractivity contribution in [1.29, 1.82) is 0 Å². The Morgan fingerprint density at radius 2 is 2.00 bits per heavy atom. The zero-order chi connectivity index (χ0) is 6.27. The molecular weight excluding hydrogens is 120 g/mol. The van der Waals surface area contributed by atoms with E-state index in [1.807, 2.05) is 0 Å². The highest BCUT2D eigenvalue weighted by Crippen LogP contribution is 2.25. The molecule has 0 amide bonds. The second kappa shape index (κ2) is 1.94. The summed E-state index contributed by atoms with van der Waals surface area (Å²) in [5.41, 5.74) is 0. The van der Waals surface area contributed by atoms with Gasteiger partial charge in [-0.2, -0.15) is 0 Å². The van der Waals surface area contributed by atoms with Gasteiger partial charge < -0.3 is 14.2 Å². The maximum absolute atomic E-state index is 5.27. The summed E-state index contributed by atoms with van der Waals surface area (Å²) in [6, 6.07) is 0. The van der Waals surface area contributed by atoms with Crippen LogP contribution in [0.3, 0.4) is 0 Å². The first kappa shape index (κ1) is 5.65. The minimum absolute atomic E-state index is 0.281.